The van der Waals surface area contributed by atoms with Gasteiger partial charge >= 0.3 is 12.1 Å². The number of fused-ring (bicyclic) bond motifs is 1. The first kappa shape index (κ1) is 23.3. The van der Waals surface area contributed by atoms with E-state index < -0.39 is 11.7 Å². The molecule has 0 spiro atoms. The molecular weight excluding hydrogens is 447 g/mol. The van der Waals surface area contributed by atoms with Crippen LogP contribution in [0.5, 0.6) is 5.75 Å². The van der Waals surface area contributed by atoms with E-state index in [1.807, 2.05) is 18.2 Å². The number of aromatic amines is 1. The molecule has 0 fully saturated rings. The summed E-state index contributed by atoms with van der Waals surface area (Å²) in [6.45, 7) is 4.10. The molecule has 0 bridgehead atoms. The first-order valence-electron chi connectivity index (χ1n) is 10.6. The van der Waals surface area contributed by atoms with Gasteiger partial charge in [0.05, 0.1) is 18.6 Å². The second kappa shape index (κ2) is 9.54. The van der Waals surface area contributed by atoms with Gasteiger partial charge in [0.1, 0.15) is 12.4 Å². The number of benzene rings is 2. The van der Waals surface area contributed by atoms with Crippen molar-refractivity contribution < 1.29 is 27.4 Å². The molecule has 0 radical (unpaired) electrons. The van der Waals surface area contributed by atoms with E-state index in [4.69, 9.17) is 9.47 Å². The lowest BCUT2D eigenvalue weighted by molar-refractivity contribution is -0.142. The Morgan fingerprint density at radius 1 is 1.09 bits per heavy atom. The van der Waals surface area contributed by atoms with Gasteiger partial charge in [-0.2, -0.15) is 13.2 Å². The number of halogens is 3. The van der Waals surface area contributed by atoms with E-state index in [-0.39, 0.29) is 19.0 Å². The minimum atomic E-state index is -4.39. The minimum absolute atomic E-state index is 0.162. The maximum absolute atomic E-state index is 12.8. The summed E-state index contributed by atoms with van der Waals surface area (Å²) in [5, 5.41) is 0.871. The zero-order valence-corrected chi connectivity index (χ0v) is 18.6. The predicted molar refractivity (Wildman–Crippen MR) is 120 cm³/mol. The second-order valence-electron chi connectivity index (χ2n) is 7.67. The maximum atomic E-state index is 12.8. The van der Waals surface area contributed by atoms with Gasteiger partial charge in [0.15, 0.2) is 5.82 Å². The van der Waals surface area contributed by atoms with E-state index in [2.05, 4.69) is 15.0 Å². The number of aryl methyl sites for hydroxylation is 1. The van der Waals surface area contributed by atoms with Crippen LogP contribution >= 0.6 is 0 Å². The fourth-order valence-electron chi connectivity index (χ4n) is 3.50. The fourth-order valence-corrected chi connectivity index (χ4v) is 3.50. The van der Waals surface area contributed by atoms with Gasteiger partial charge in [-0.3, -0.25) is 4.79 Å². The van der Waals surface area contributed by atoms with Crippen LogP contribution in [-0.2, 0) is 28.7 Å². The van der Waals surface area contributed by atoms with E-state index in [9.17, 15) is 18.0 Å². The van der Waals surface area contributed by atoms with Crippen LogP contribution < -0.4 is 4.74 Å². The quantitative estimate of drug-likeness (QED) is 0.355. The molecule has 0 aliphatic carbocycles. The van der Waals surface area contributed by atoms with Gasteiger partial charge in [-0.15, -0.1) is 0 Å². The normalized spacial score (nSPS) is 11.6. The molecule has 0 saturated heterocycles. The van der Waals surface area contributed by atoms with Gasteiger partial charge in [-0.25, -0.2) is 9.97 Å². The van der Waals surface area contributed by atoms with Crippen molar-refractivity contribution in [3.8, 4) is 17.1 Å². The highest BCUT2D eigenvalue weighted by Crippen LogP contribution is 2.30. The first-order valence-corrected chi connectivity index (χ1v) is 10.6. The Labute approximate surface area is 193 Å². The van der Waals surface area contributed by atoms with Crippen molar-refractivity contribution in [3.63, 3.8) is 0 Å². The Balaban J connectivity index is 1.47. The molecule has 9 heteroatoms. The summed E-state index contributed by atoms with van der Waals surface area (Å²) in [5.74, 6) is 0.659. The molecular formula is C25H22F3N3O3. The van der Waals surface area contributed by atoms with Crippen molar-refractivity contribution in [2.45, 2.75) is 33.1 Å². The van der Waals surface area contributed by atoms with E-state index in [0.29, 0.717) is 29.4 Å². The van der Waals surface area contributed by atoms with Crippen molar-refractivity contribution in [3.05, 3.63) is 77.2 Å². The molecule has 6 nitrogen and oxygen atoms in total. The molecule has 0 saturated carbocycles. The van der Waals surface area contributed by atoms with Gasteiger partial charge in [-0.1, -0.05) is 12.1 Å². The predicted octanol–water partition coefficient (Wildman–Crippen LogP) is 5.64. The SMILES string of the molecule is CCOC(=O)Cc1c[nH]c2ccc(OCc3cnc(-c4ccc(C(F)(F)F)cc4)nc3C)cc12. The largest absolute Gasteiger partial charge is 0.489 e. The summed E-state index contributed by atoms with van der Waals surface area (Å²) in [6.07, 6.45) is -0.838. The highest BCUT2D eigenvalue weighted by atomic mass is 19.4. The Morgan fingerprint density at radius 2 is 1.85 bits per heavy atom. The molecule has 4 aromatic rings. The molecule has 1 N–H and O–H groups in total. The van der Waals surface area contributed by atoms with Crippen LogP contribution in [0.25, 0.3) is 22.3 Å². The van der Waals surface area contributed by atoms with Crippen LogP contribution in [-0.4, -0.2) is 27.5 Å². The summed E-state index contributed by atoms with van der Waals surface area (Å²) < 4.78 is 49.3. The van der Waals surface area contributed by atoms with Crippen molar-refractivity contribution in [1.82, 2.24) is 15.0 Å². The van der Waals surface area contributed by atoms with Crippen molar-refractivity contribution in [1.29, 1.82) is 0 Å². The third-order valence-corrected chi connectivity index (χ3v) is 5.32. The van der Waals surface area contributed by atoms with Crippen molar-refractivity contribution >= 4 is 16.9 Å². The number of H-pyrrole nitrogens is 1. The van der Waals surface area contributed by atoms with Gasteiger partial charge in [-0.05, 0) is 49.7 Å². The summed E-state index contributed by atoms with van der Waals surface area (Å²) in [7, 11) is 0. The van der Waals surface area contributed by atoms with Crippen LogP contribution in [0.4, 0.5) is 13.2 Å². The fraction of sp³-hybridized carbons (Fsp3) is 0.240. The Kier molecular flexibility index (Phi) is 6.54. The maximum Gasteiger partial charge on any atom is 0.416 e. The average molecular weight is 469 g/mol. The topological polar surface area (TPSA) is 77.1 Å². The zero-order chi connectivity index (χ0) is 24.3. The molecule has 0 aliphatic heterocycles. The Bertz CT molecular complexity index is 1310. The lowest BCUT2D eigenvalue weighted by atomic mass is 10.1. The van der Waals surface area contributed by atoms with E-state index in [1.54, 1.807) is 26.2 Å². The van der Waals surface area contributed by atoms with Crippen LogP contribution in [0.1, 0.15) is 29.3 Å². The number of hydrogen-bond donors (Lipinski definition) is 1. The molecule has 34 heavy (non-hydrogen) atoms. The molecule has 0 atom stereocenters. The molecule has 2 aromatic heterocycles. The molecule has 0 amide bonds. The highest BCUT2D eigenvalue weighted by Gasteiger charge is 2.30. The summed E-state index contributed by atoms with van der Waals surface area (Å²) in [4.78, 5) is 23.7. The Hall–Kier alpha value is -3.88. The molecule has 2 aromatic carbocycles. The second-order valence-corrected chi connectivity index (χ2v) is 7.67. The van der Waals surface area contributed by atoms with Crippen LogP contribution in [0.3, 0.4) is 0 Å². The number of nitrogens with one attached hydrogen (secondary N) is 1. The van der Waals surface area contributed by atoms with E-state index in [0.717, 1.165) is 34.2 Å². The molecule has 0 aliphatic rings. The van der Waals surface area contributed by atoms with Gasteiger partial charge in [0, 0.05) is 40.1 Å². The number of alkyl halides is 3. The van der Waals surface area contributed by atoms with Crippen LogP contribution in [0.15, 0.2) is 54.9 Å². The summed E-state index contributed by atoms with van der Waals surface area (Å²) >= 11 is 0. The van der Waals surface area contributed by atoms with Gasteiger partial charge < -0.3 is 14.5 Å². The molecule has 0 unspecified atom stereocenters. The highest BCUT2D eigenvalue weighted by molar-refractivity contribution is 5.88. The number of ether oxygens (including phenoxy) is 2. The number of esters is 1. The molecule has 176 valence electrons. The average Bonchev–Trinajstić information content (AvgIpc) is 3.20. The lowest BCUT2D eigenvalue weighted by Gasteiger charge is -2.11. The first-order chi connectivity index (χ1) is 16.2. The zero-order valence-electron chi connectivity index (χ0n) is 18.6. The van der Waals surface area contributed by atoms with Gasteiger partial charge in [0.25, 0.3) is 0 Å². The van der Waals surface area contributed by atoms with Gasteiger partial charge in [0.2, 0.25) is 0 Å². The Morgan fingerprint density at radius 3 is 2.53 bits per heavy atom. The van der Waals surface area contributed by atoms with E-state index >= 15 is 0 Å². The summed E-state index contributed by atoms with van der Waals surface area (Å²) in [6, 6.07) is 10.3. The molecule has 2 heterocycles. The number of hydrogen-bond acceptors (Lipinski definition) is 5. The van der Waals surface area contributed by atoms with Crippen molar-refractivity contribution in [2.24, 2.45) is 0 Å². The number of rotatable bonds is 7. The third-order valence-electron chi connectivity index (χ3n) is 5.32. The number of aromatic nitrogens is 3. The number of nitrogens with zero attached hydrogens (tertiary/aromatic N) is 2. The molecule has 4 rings (SSSR count). The number of carbonyl (C=O) groups is 1. The van der Waals surface area contributed by atoms with Crippen molar-refractivity contribution in [2.75, 3.05) is 6.61 Å². The van der Waals surface area contributed by atoms with Crippen LogP contribution in [0.2, 0.25) is 0 Å². The minimum Gasteiger partial charge on any atom is -0.489 e. The van der Waals surface area contributed by atoms with Crippen LogP contribution in [0, 0.1) is 6.92 Å². The number of carbonyl (C=O) groups excluding carboxylic acids is 1. The lowest BCUT2D eigenvalue weighted by Crippen LogP contribution is -2.07. The summed E-state index contributed by atoms with van der Waals surface area (Å²) in [5.41, 5.74) is 2.89. The smallest absolute Gasteiger partial charge is 0.416 e. The third kappa shape index (κ3) is 5.19. The monoisotopic (exact) mass is 469 g/mol. The van der Waals surface area contributed by atoms with E-state index in [1.165, 1.54) is 12.1 Å². The standard InChI is InChI=1S/C25H22F3N3O3/c1-3-33-23(32)10-17-12-29-22-9-8-20(11-21(17)22)34-14-18-13-30-24(31-15(18)2)16-4-6-19(7-5-16)25(26,27)28/h4-9,11-13,29H,3,10,14H2,1-2H3.